The Kier molecular flexibility index (Phi) is 2.80. The van der Waals surface area contributed by atoms with Crippen LogP contribution in [0.3, 0.4) is 0 Å². The molecule has 0 aromatic carbocycles. The van der Waals surface area contributed by atoms with Gasteiger partial charge >= 0.3 is 11.4 Å². The summed E-state index contributed by atoms with van der Waals surface area (Å²) < 4.78 is 37.3. The Bertz CT molecular complexity index is 320. The summed E-state index contributed by atoms with van der Waals surface area (Å²) in [6, 6.07) is 0. The van der Waals surface area contributed by atoms with Gasteiger partial charge in [0.05, 0.1) is 5.92 Å². The van der Waals surface area contributed by atoms with Crippen molar-refractivity contribution in [1.82, 2.24) is 0 Å². The van der Waals surface area contributed by atoms with Gasteiger partial charge in [0.2, 0.25) is 0 Å². The Morgan fingerprint density at radius 2 is 2.00 bits per heavy atom. The summed E-state index contributed by atoms with van der Waals surface area (Å²) >= 11 is 4.45. The van der Waals surface area contributed by atoms with Crippen LogP contribution in [0.25, 0.3) is 0 Å². The number of alkyl halides is 3. The number of hydrogen-bond donors (Lipinski definition) is 1. The third-order valence-corrected chi connectivity index (χ3v) is 2.95. The van der Waals surface area contributed by atoms with Gasteiger partial charge in [0.25, 0.3) is 0 Å². The highest BCUT2D eigenvalue weighted by atomic mass is 35.5. The first-order valence-corrected chi connectivity index (χ1v) is 4.63. The van der Waals surface area contributed by atoms with E-state index in [1.807, 2.05) is 0 Å². The summed E-state index contributed by atoms with van der Waals surface area (Å²) in [5.41, 5.74) is -0.703. The lowest BCUT2D eigenvalue weighted by molar-refractivity contribution is -0.139. The van der Waals surface area contributed by atoms with Gasteiger partial charge in [0.15, 0.2) is 5.83 Å². The maximum atomic E-state index is 12.8. The molecule has 2 unspecified atom stereocenters. The molecule has 0 aliphatic heterocycles. The lowest BCUT2D eigenvalue weighted by Crippen LogP contribution is -2.07. The molecule has 0 aromatic heterocycles. The molecular formula is C9H10ClF3O2. The van der Waals surface area contributed by atoms with Gasteiger partial charge in [-0.1, -0.05) is 13.8 Å². The summed E-state index contributed by atoms with van der Waals surface area (Å²) in [4.78, 5) is 10.6. The maximum Gasteiger partial charge on any atom is 0.373 e. The number of halogens is 4. The van der Waals surface area contributed by atoms with E-state index < -0.39 is 34.4 Å². The molecule has 0 bridgehead atoms. The first kappa shape index (κ1) is 12.4. The minimum Gasteiger partial charge on any atom is -0.481 e. The number of carboxylic acid groups (broad SMARTS) is 1. The minimum atomic E-state index is -4.05. The number of rotatable bonds is 3. The van der Waals surface area contributed by atoms with E-state index in [4.69, 9.17) is 5.11 Å². The largest absolute Gasteiger partial charge is 0.481 e. The van der Waals surface area contributed by atoms with E-state index in [0.717, 1.165) is 0 Å². The van der Waals surface area contributed by atoms with Crippen molar-refractivity contribution in [2.75, 3.05) is 0 Å². The normalized spacial score (nSPS) is 30.1. The van der Waals surface area contributed by atoms with E-state index in [0.29, 0.717) is 6.08 Å². The first-order valence-electron chi connectivity index (χ1n) is 4.26. The molecule has 0 heterocycles. The zero-order valence-corrected chi connectivity index (χ0v) is 8.86. The predicted octanol–water partition coefficient (Wildman–Crippen LogP) is 3.03. The fraction of sp³-hybridized carbons (Fsp3) is 0.667. The second-order valence-electron chi connectivity index (χ2n) is 4.18. The third-order valence-electron chi connectivity index (χ3n) is 2.77. The van der Waals surface area contributed by atoms with Crippen molar-refractivity contribution in [3.8, 4) is 0 Å². The topological polar surface area (TPSA) is 37.3 Å². The van der Waals surface area contributed by atoms with Crippen LogP contribution in [-0.4, -0.2) is 16.5 Å². The van der Waals surface area contributed by atoms with Gasteiger partial charge in [-0.3, -0.25) is 4.79 Å². The van der Waals surface area contributed by atoms with E-state index in [2.05, 4.69) is 11.6 Å². The highest BCUT2D eigenvalue weighted by Crippen LogP contribution is 2.59. The SMILES string of the molecule is CC1(C)C(/C=C(\F)C(F)(F)Cl)C1C(=O)O. The van der Waals surface area contributed by atoms with Crippen LogP contribution in [0.15, 0.2) is 11.9 Å². The molecule has 1 aliphatic carbocycles. The van der Waals surface area contributed by atoms with Gasteiger partial charge < -0.3 is 5.11 Å². The maximum absolute atomic E-state index is 12.8. The fourth-order valence-electron chi connectivity index (χ4n) is 1.71. The smallest absolute Gasteiger partial charge is 0.373 e. The van der Waals surface area contributed by atoms with Crippen molar-refractivity contribution in [2.24, 2.45) is 17.3 Å². The zero-order valence-electron chi connectivity index (χ0n) is 8.10. The van der Waals surface area contributed by atoms with Gasteiger partial charge in [-0.15, -0.1) is 0 Å². The van der Waals surface area contributed by atoms with Gasteiger partial charge in [0.1, 0.15) is 0 Å². The Balaban J connectivity index is 2.83. The number of allylic oxidation sites excluding steroid dienone is 2. The monoisotopic (exact) mass is 242 g/mol. The van der Waals surface area contributed by atoms with Crippen LogP contribution in [-0.2, 0) is 4.79 Å². The molecule has 2 nitrogen and oxygen atoms in total. The Morgan fingerprint density at radius 3 is 2.27 bits per heavy atom. The lowest BCUT2D eigenvalue weighted by atomic mass is 10.1. The summed E-state index contributed by atoms with van der Waals surface area (Å²) in [5.74, 6) is -4.47. The van der Waals surface area contributed by atoms with Crippen molar-refractivity contribution in [3.63, 3.8) is 0 Å². The third kappa shape index (κ3) is 2.27. The highest BCUT2D eigenvalue weighted by Gasteiger charge is 2.61. The molecule has 1 saturated carbocycles. The fourth-order valence-corrected chi connectivity index (χ4v) is 1.78. The standard InChI is InChI=1S/C9H10ClF3O2/c1-8(2)4(6(8)7(14)15)3-5(11)9(10,12)13/h3-4,6H,1-2H3,(H,14,15)/b5-3-. The van der Waals surface area contributed by atoms with Crippen LogP contribution in [0.4, 0.5) is 13.2 Å². The molecule has 0 radical (unpaired) electrons. The molecule has 0 amide bonds. The molecule has 86 valence electrons. The van der Waals surface area contributed by atoms with Crippen LogP contribution >= 0.6 is 11.6 Å². The van der Waals surface area contributed by atoms with Crippen LogP contribution in [0.1, 0.15) is 13.8 Å². The number of hydrogen-bond acceptors (Lipinski definition) is 1. The summed E-state index contributed by atoms with van der Waals surface area (Å²) in [7, 11) is 0. The summed E-state index contributed by atoms with van der Waals surface area (Å²) in [5, 5.41) is 4.65. The summed E-state index contributed by atoms with van der Waals surface area (Å²) in [6.45, 7) is 3.15. The minimum absolute atomic E-state index is 0.603. The molecule has 1 N–H and O–H groups in total. The molecule has 2 atom stereocenters. The molecule has 0 spiro atoms. The lowest BCUT2D eigenvalue weighted by Gasteiger charge is -2.04. The number of carbonyl (C=O) groups is 1. The van der Waals surface area contributed by atoms with E-state index >= 15 is 0 Å². The van der Waals surface area contributed by atoms with Crippen molar-refractivity contribution in [3.05, 3.63) is 11.9 Å². The zero-order chi connectivity index (χ0) is 12.0. The molecule has 1 aliphatic rings. The van der Waals surface area contributed by atoms with Gasteiger partial charge in [-0.2, -0.15) is 8.78 Å². The van der Waals surface area contributed by atoms with Crippen LogP contribution in [0, 0.1) is 17.3 Å². The Morgan fingerprint density at radius 1 is 1.53 bits per heavy atom. The average Bonchev–Trinajstić information content (AvgIpc) is 2.50. The number of carboxylic acids is 1. The van der Waals surface area contributed by atoms with Gasteiger partial charge in [0, 0.05) is 0 Å². The first-order chi connectivity index (χ1) is 6.58. The molecule has 15 heavy (non-hydrogen) atoms. The summed E-state index contributed by atoms with van der Waals surface area (Å²) in [6.07, 6.45) is 0.603. The van der Waals surface area contributed by atoms with Gasteiger partial charge in [-0.05, 0) is 29.0 Å². The van der Waals surface area contributed by atoms with E-state index in [9.17, 15) is 18.0 Å². The van der Waals surface area contributed by atoms with E-state index in [-0.39, 0.29) is 0 Å². The van der Waals surface area contributed by atoms with Crippen LogP contribution in [0.2, 0.25) is 0 Å². The van der Waals surface area contributed by atoms with Crippen molar-refractivity contribution in [2.45, 2.75) is 19.2 Å². The Hall–Kier alpha value is -0.710. The highest BCUT2D eigenvalue weighted by molar-refractivity contribution is 6.23. The molecule has 1 rings (SSSR count). The van der Waals surface area contributed by atoms with Crippen LogP contribution in [0.5, 0.6) is 0 Å². The van der Waals surface area contributed by atoms with E-state index in [1.165, 1.54) is 0 Å². The Labute approximate surface area is 89.7 Å². The van der Waals surface area contributed by atoms with Crippen molar-refractivity contribution in [1.29, 1.82) is 0 Å². The molecule has 0 aromatic rings. The quantitative estimate of drug-likeness (QED) is 0.773. The second-order valence-corrected chi connectivity index (χ2v) is 4.65. The molecule has 6 heteroatoms. The van der Waals surface area contributed by atoms with Gasteiger partial charge in [-0.25, -0.2) is 4.39 Å². The molecule has 0 saturated heterocycles. The average molecular weight is 243 g/mol. The van der Waals surface area contributed by atoms with Crippen molar-refractivity contribution < 1.29 is 23.1 Å². The molecular weight excluding hydrogens is 233 g/mol. The predicted molar refractivity (Wildman–Crippen MR) is 48.4 cm³/mol. The van der Waals surface area contributed by atoms with E-state index in [1.54, 1.807) is 13.8 Å². The number of aliphatic carboxylic acids is 1. The van der Waals surface area contributed by atoms with Crippen molar-refractivity contribution >= 4 is 17.6 Å². The van der Waals surface area contributed by atoms with Crippen LogP contribution < -0.4 is 0 Å². The molecule has 1 fully saturated rings. The second kappa shape index (κ2) is 3.40.